The highest BCUT2D eigenvalue weighted by molar-refractivity contribution is 6.11. The van der Waals surface area contributed by atoms with Gasteiger partial charge in [0.05, 0.1) is 17.1 Å². The van der Waals surface area contributed by atoms with Crippen LogP contribution in [0.25, 0.3) is 11.4 Å². The number of allylic oxidation sites excluding steroid dienone is 2. The SMILES string of the molecule is CCC(C)(C)C1=C(C#N)N=C2c3nc(C#N)c(C#N)nc3-c3nc(C#N)c(C#N)nc3C2N1. The van der Waals surface area contributed by atoms with Crippen molar-refractivity contribution in [3.05, 3.63) is 45.6 Å². The molecule has 0 aromatic carbocycles. The molecule has 1 aliphatic heterocycles. The number of aliphatic imine (C=N–C) groups is 1. The summed E-state index contributed by atoms with van der Waals surface area (Å²) in [5.74, 6) is 0. The molecule has 2 aromatic rings. The van der Waals surface area contributed by atoms with Crippen LogP contribution in [0.1, 0.15) is 67.4 Å². The number of hydrogen-bond donors (Lipinski definition) is 1. The summed E-state index contributed by atoms with van der Waals surface area (Å²) in [7, 11) is 0. The number of aromatic nitrogens is 4. The first-order valence-electron chi connectivity index (χ1n) is 9.78. The lowest BCUT2D eigenvalue weighted by molar-refractivity contribution is 0.384. The Labute approximate surface area is 188 Å². The molecule has 1 aliphatic carbocycles. The molecule has 0 saturated heterocycles. The van der Waals surface area contributed by atoms with Gasteiger partial charge >= 0.3 is 0 Å². The van der Waals surface area contributed by atoms with Crippen molar-refractivity contribution in [3.63, 3.8) is 0 Å². The lowest BCUT2D eigenvalue weighted by Crippen LogP contribution is -2.41. The Hall–Kier alpha value is -5.18. The van der Waals surface area contributed by atoms with Crippen molar-refractivity contribution in [2.75, 3.05) is 0 Å². The van der Waals surface area contributed by atoms with Crippen molar-refractivity contribution in [2.24, 2.45) is 10.4 Å². The van der Waals surface area contributed by atoms with Gasteiger partial charge in [-0.2, -0.15) is 26.3 Å². The Morgan fingerprint density at radius 2 is 1.27 bits per heavy atom. The average molecular weight is 431 g/mol. The fourth-order valence-corrected chi connectivity index (χ4v) is 3.60. The maximum Gasteiger partial charge on any atom is 0.177 e. The fourth-order valence-electron chi connectivity index (χ4n) is 3.60. The number of fused-ring (bicyclic) bond motifs is 6. The molecular weight excluding hydrogens is 418 g/mol. The molecule has 1 N–H and O–H groups in total. The summed E-state index contributed by atoms with van der Waals surface area (Å²) in [6.07, 6.45) is 0.702. The summed E-state index contributed by atoms with van der Waals surface area (Å²) in [5.41, 5.74) is 0.426. The lowest BCUT2D eigenvalue weighted by atomic mass is 9.82. The first-order chi connectivity index (χ1) is 15.8. The van der Waals surface area contributed by atoms with E-state index in [-0.39, 0.29) is 57.0 Å². The van der Waals surface area contributed by atoms with E-state index >= 15 is 0 Å². The third-order valence-corrected chi connectivity index (χ3v) is 5.68. The third kappa shape index (κ3) is 3.03. The fraction of sp³-hybridized carbons (Fsp3) is 0.273. The molecule has 11 heteroatoms. The normalized spacial score (nSPS) is 15.7. The standard InChI is InChI=1S/C22H13N11/c1-4-22(2,3)21-14(9-27)32-19-17-15(28-10(5-23)11(6-24)30-17)16-18(20(19)33-21)31-13(8-26)12(7-25)29-16/h20,33H,4H2,1-3H3. The van der Waals surface area contributed by atoms with E-state index in [1.54, 1.807) is 0 Å². The van der Waals surface area contributed by atoms with E-state index in [1.165, 1.54) is 0 Å². The molecular formula is C22H13N11. The molecule has 0 fully saturated rings. The van der Waals surface area contributed by atoms with Crippen LogP contribution in [0.4, 0.5) is 0 Å². The number of nitrogens with one attached hydrogen (secondary N) is 1. The Morgan fingerprint density at radius 1 is 0.758 bits per heavy atom. The van der Waals surface area contributed by atoms with Crippen LogP contribution in [0.3, 0.4) is 0 Å². The number of rotatable bonds is 2. The molecule has 0 radical (unpaired) electrons. The smallest absolute Gasteiger partial charge is 0.177 e. The second-order valence-corrected chi connectivity index (χ2v) is 7.87. The van der Waals surface area contributed by atoms with Gasteiger partial charge in [-0.3, -0.25) is 0 Å². The second kappa shape index (κ2) is 7.50. The van der Waals surface area contributed by atoms with E-state index in [0.717, 1.165) is 0 Å². The Bertz CT molecular complexity index is 1510. The van der Waals surface area contributed by atoms with E-state index in [9.17, 15) is 26.3 Å². The molecule has 4 rings (SSSR count). The van der Waals surface area contributed by atoms with Crippen molar-refractivity contribution in [3.8, 4) is 41.7 Å². The maximum atomic E-state index is 9.79. The van der Waals surface area contributed by atoms with Crippen LogP contribution < -0.4 is 5.32 Å². The molecule has 0 bridgehead atoms. The Kier molecular flexibility index (Phi) is 4.79. The summed E-state index contributed by atoms with van der Waals surface area (Å²) < 4.78 is 0. The van der Waals surface area contributed by atoms with Gasteiger partial charge in [-0.1, -0.05) is 20.8 Å². The molecule has 33 heavy (non-hydrogen) atoms. The predicted octanol–water partition coefficient (Wildman–Crippen LogP) is 2.04. The van der Waals surface area contributed by atoms with E-state index in [2.05, 4.69) is 36.3 Å². The van der Waals surface area contributed by atoms with Crippen molar-refractivity contribution in [1.29, 1.82) is 26.3 Å². The molecule has 156 valence electrons. The van der Waals surface area contributed by atoms with Crippen molar-refractivity contribution >= 4 is 5.71 Å². The summed E-state index contributed by atoms with van der Waals surface area (Å²) >= 11 is 0. The zero-order valence-corrected chi connectivity index (χ0v) is 17.8. The molecule has 3 heterocycles. The van der Waals surface area contributed by atoms with Gasteiger partial charge in [0.25, 0.3) is 0 Å². The monoisotopic (exact) mass is 431 g/mol. The third-order valence-electron chi connectivity index (χ3n) is 5.68. The van der Waals surface area contributed by atoms with Crippen molar-refractivity contribution in [1.82, 2.24) is 25.3 Å². The number of hydrogen-bond acceptors (Lipinski definition) is 11. The first kappa shape index (κ1) is 21.1. The molecule has 0 saturated carbocycles. The maximum absolute atomic E-state index is 9.79. The summed E-state index contributed by atoms with van der Waals surface area (Å²) in [4.78, 5) is 21.8. The quantitative estimate of drug-likeness (QED) is 0.734. The highest BCUT2D eigenvalue weighted by Gasteiger charge is 2.42. The van der Waals surface area contributed by atoms with E-state index in [4.69, 9.17) is 0 Å². The Morgan fingerprint density at radius 3 is 1.79 bits per heavy atom. The highest BCUT2D eigenvalue weighted by atomic mass is 15.1. The molecule has 2 aromatic heterocycles. The summed E-state index contributed by atoms with van der Waals surface area (Å²) in [6, 6.07) is 8.73. The van der Waals surface area contributed by atoms with Crippen LogP contribution in [0.5, 0.6) is 0 Å². The van der Waals surface area contributed by atoms with Gasteiger partial charge in [0.2, 0.25) is 0 Å². The Balaban J connectivity index is 2.13. The van der Waals surface area contributed by atoms with Crippen LogP contribution in [0.15, 0.2) is 16.4 Å². The van der Waals surface area contributed by atoms with Gasteiger partial charge in [-0.25, -0.2) is 24.9 Å². The van der Waals surface area contributed by atoms with E-state index in [0.29, 0.717) is 12.1 Å². The van der Waals surface area contributed by atoms with Crippen LogP contribution >= 0.6 is 0 Å². The van der Waals surface area contributed by atoms with Crippen molar-refractivity contribution < 1.29 is 0 Å². The van der Waals surface area contributed by atoms with Gasteiger partial charge in [0, 0.05) is 5.41 Å². The van der Waals surface area contributed by atoms with Gasteiger partial charge in [-0.15, -0.1) is 0 Å². The van der Waals surface area contributed by atoms with E-state index < -0.39 is 11.5 Å². The van der Waals surface area contributed by atoms with Crippen LogP contribution in [0, 0.1) is 62.1 Å². The first-order valence-corrected chi connectivity index (χ1v) is 9.78. The van der Waals surface area contributed by atoms with E-state index in [1.807, 2.05) is 45.0 Å². The summed E-state index contributed by atoms with van der Waals surface area (Å²) in [6.45, 7) is 5.90. The minimum absolute atomic E-state index is 0.0985. The minimum atomic E-state index is -0.758. The minimum Gasteiger partial charge on any atom is -0.372 e. The van der Waals surface area contributed by atoms with Crippen LogP contribution in [-0.4, -0.2) is 25.6 Å². The predicted molar refractivity (Wildman–Crippen MR) is 111 cm³/mol. The lowest BCUT2D eigenvalue weighted by Gasteiger charge is -2.37. The zero-order valence-electron chi connectivity index (χ0n) is 17.8. The van der Waals surface area contributed by atoms with Gasteiger partial charge < -0.3 is 5.32 Å². The molecule has 1 unspecified atom stereocenters. The molecule has 2 aliphatic rings. The largest absolute Gasteiger partial charge is 0.372 e. The highest BCUT2D eigenvalue weighted by Crippen LogP contribution is 2.42. The van der Waals surface area contributed by atoms with Crippen molar-refractivity contribution in [2.45, 2.75) is 33.2 Å². The molecule has 0 amide bonds. The zero-order chi connectivity index (χ0) is 23.9. The summed E-state index contributed by atoms with van der Waals surface area (Å²) in [5, 5.41) is 50.9. The van der Waals surface area contributed by atoms with Gasteiger partial charge in [0.1, 0.15) is 53.5 Å². The molecule has 0 spiro atoms. The number of nitrogens with zero attached hydrogens (tertiary/aromatic N) is 10. The van der Waals surface area contributed by atoms with Gasteiger partial charge in [-0.05, 0) is 6.42 Å². The van der Waals surface area contributed by atoms with Crippen LogP contribution in [0.2, 0.25) is 0 Å². The molecule has 1 atom stereocenters. The number of nitriles is 5. The second-order valence-electron chi connectivity index (χ2n) is 7.87. The molecule has 11 nitrogen and oxygen atoms in total. The van der Waals surface area contributed by atoms with Crippen LogP contribution in [-0.2, 0) is 0 Å². The van der Waals surface area contributed by atoms with Gasteiger partial charge in [0.15, 0.2) is 28.5 Å². The average Bonchev–Trinajstić information content (AvgIpc) is 2.85. The topological polar surface area (TPSA) is 195 Å².